The van der Waals surface area contributed by atoms with Gasteiger partial charge >= 0.3 is 11.9 Å². The number of methoxy groups -OCH3 is 1. The van der Waals surface area contributed by atoms with E-state index in [0.717, 1.165) is 49.7 Å². The molecular formula is C54H66O14. The quantitative estimate of drug-likeness (QED) is 0.194. The molecule has 68 heavy (non-hydrogen) atoms. The molecule has 1 spiro atoms. The van der Waals surface area contributed by atoms with Crippen molar-refractivity contribution in [3.63, 3.8) is 0 Å². The van der Waals surface area contributed by atoms with Crippen molar-refractivity contribution in [1.82, 2.24) is 0 Å². The first-order valence-electron chi connectivity index (χ1n) is 25.2. The molecule has 0 N–H and O–H groups in total. The van der Waals surface area contributed by atoms with E-state index in [1.54, 1.807) is 55.6 Å². The first-order chi connectivity index (χ1) is 33.0. The number of carbonyl (C=O) groups is 3. The van der Waals surface area contributed by atoms with Gasteiger partial charge in [0.2, 0.25) is 0 Å². The maximum absolute atomic E-state index is 14.6. The zero-order chi connectivity index (χ0) is 46.7. The maximum atomic E-state index is 14.6. The summed E-state index contributed by atoms with van der Waals surface area (Å²) in [5.74, 6) is -2.09. The Morgan fingerprint density at radius 1 is 0.691 bits per heavy atom. The number of fused-ring (bicyclic) bond motifs is 6. The molecule has 12 bridgehead atoms. The summed E-state index contributed by atoms with van der Waals surface area (Å²) in [5.41, 5.74) is 2.84. The van der Waals surface area contributed by atoms with Crippen molar-refractivity contribution < 1.29 is 66.5 Å². The third-order valence-electron chi connectivity index (χ3n) is 16.4. The summed E-state index contributed by atoms with van der Waals surface area (Å²) in [6.45, 7) is 11.0. The second kappa shape index (κ2) is 19.4. The Morgan fingerprint density at radius 2 is 1.38 bits per heavy atom. The molecule has 10 saturated heterocycles. The van der Waals surface area contributed by atoms with E-state index in [-0.39, 0.29) is 105 Å². The van der Waals surface area contributed by atoms with Crippen molar-refractivity contribution in [3.8, 4) is 0 Å². The van der Waals surface area contributed by atoms with Gasteiger partial charge in [0.25, 0.3) is 0 Å². The molecule has 0 aromatic heterocycles. The van der Waals surface area contributed by atoms with Crippen molar-refractivity contribution in [2.45, 2.75) is 194 Å². The van der Waals surface area contributed by atoms with Crippen LogP contribution in [0.1, 0.15) is 111 Å². The first-order valence-corrected chi connectivity index (χ1v) is 25.2. The van der Waals surface area contributed by atoms with Gasteiger partial charge in [-0.15, -0.1) is 0 Å². The number of rotatable bonds is 8. The molecule has 0 saturated carbocycles. The molecule has 10 heterocycles. The van der Waals surface area contributed by atoms with Gasteiger partial charge < -0.3 is 52.1 Å². The van der Waals surface area contributed by atoms with Crippen LogP contribution in [0.15, 0.2) is 85.0 Å². The molecule has 10 aliphatic rings. The summed E-state index contributed by atoms with van der Waals surface area (Å²) in [4.78, 5) is 41.3. The normalized spacial score (nSPS) is 42.5. The highest BCUT2D eigenvalue weighted by atomic mass is 16.8. The van der Waals surface area contributed by atoms with E-state index >= 15 is 0 Å². The molecule has 2 aromatic rings. The molecule has 0 aliphatic carbocycles. The zero-order valence-corrected chi connectivity index (χ0v) is 39.2. The highest BCUT2D eigenvalue weighted by molar-refractivity contribution is 5.90. The van der Waals surface area contributed by atoms with Crippen LogP contribution in [0, 0.1) is 11.8 Å². The van der Waals surface area contributed by atoms with Gasteiger partial charge in [0, 0.05) is 51.6 Å². The maximum Gasteiger partial charge on any atom is 0.338 e. The molecule has 14 nitrogen and oxygen atoms in total. The predicted molar refractivity (Wildman–Crippen MR) is 244 cm³/mol. The number of hydrogen-bond donors (Lipinski definition) is 0. The van der Waals surface area contributed by atoms with Crippen LogP contribution in [-0.2, 0) is 56.9 Å². The van der Waals surface area contributed by atoms with E-state index < -0.39 is 54.3 Å². The number of benzene rings is 2. The number of carbonyl (C=O) groups excluding carboxylic acids is 3. The molecule has 14 heteroatoms. The Bertz CT molecular complexity index is 2180. The average Bonchev–Trinajstić information content (AvgIpc) is 4.02. The summed E-state index contributed by atoms with van der Waals surface area (Å²) in [5, 5.41) is 0. The largest absolute Gasteiger partial charge is 0.458 e. The minimum absolute atomic E-state index is 0.00377. The molecule has 10 aliphatic heterocycles. The van der Waals surface area contributed by atoms with Crippen LogP contribution < -0.4 is 0 Å². The van der Waals surface area contributed by atoms with Crippen LogP contribution in [0.3, 0.4) is 0 Å². The zero-order valence-electron chi connectivity index (χ0n) is 39.2. The number of Topliss-reactive ketones (excluding diaryl/α,β-unsaturated/α-hetero) is 1. The Kier molecular flexibility index (Phi) is 13.3. The third-order valence-corrected chi connectivity index (χ3v) is 16.4. The SMILES string of the molecule is C=C1C(C)CC2CC[C@@H]3OC(CC[C@@]45CC6OC7C(O4)[C@H]4OC(CCC4O[C@H]7C6O5)CC(=O)C[C@H]4C(CC1O2)O[C@H](CC(COC(=O)c1ccccc1)OC(=O)c1ccccc1)[C@@H]4OC)CC3=C. The van der Waals surface area contributed by atoms with Crippen molar-refractivity contribution in [3.05, 3.63) is 96.1 Å². The van der Waals surface area contributed by atoms with Crippen molar-refractivity contribution >= 4 is 17.7 Å². The van der Waals surface area contributed by atoms with Gasteiger partial charge in [-0.05, 0) is 86.3 Å². The molecule has 19 atom stereocenters. The Morgan fingerprint density at radius 3 is 2.16 bits per heavy atom. The fraction of sp³-hybridized carbons (Fsp3) is 0.648. The van der Waals surface area contributed by atoms with E-state index in [1.165, 1.54) is 0 Å². The molecule has 0 amide bonds. The van der Waals surface area contributed by atoms with Crippen LogP contribution in [0.25, 0.3) is 0 Å². The lowest BCUT2D eigenvalue weighted by molar-refractivity contribution is -0.292. The second-order valence-corrected chi connectivity index (χ2v) is 20.9. The fourth-order valence-electron chi connectivity index (χ4n) is 12.9. The molecule has 2 aromatic carbocycles. The standard InChI is InChI=1S/C54H66O14/c1-29-21-35-15-17-40-30(2)22-37(60-40)19-20-54-27-45-48(67-54)49-50(66-45)51(68-54)47-41(65-49)18-16-36(62-47)23-34(55)24-39-43(26-42(61-35)31(29)3)64-44(46(39)58-4)25-38(63-53(57)33-13-9-6-10-14-33)28-59-52(56)32-11-7-5-8-12-32/h5-14,29,35-51H,2-3,15-28H2,1,4H3/t29?,35?,36?,37?,38?,39-,40-,41?,42?,43?,44+,45?,46+,47-,48?,49-,50?,51?,54-/m0/s1. The number of hydrogen-bond acceptors (Lipinski definition) is 14. The molecule has 12 unspecified atom stereocenters. The van der Waals surface area contributed by atoms with Crippen molar-refractivity contribution in [2.24, 2.45) is 11.8 Å². The van der Waals surface area contributed by atoms with Gasteiger partial charge in [0.1, 0.15) is 49.0 Å². The van der Waals surface area contributed by atoms with E-state index in [9.17, 15) is 14.4 Å². The van der Waals surface area contributed by atoms with Crippen molar-refractivity contribution in [2.75, 3.05) is 13.7 Å². The first kappa shape index (κ1) is 46.5. The lowest BCUT2D eigenvalue weighted by atomic mass is 9.81. The Balaban J connectivity index is 0.864. The van der Waals surface area contributed by atoms with E-state index in [1.807, 2.05) is 12.1 Å². The summed E-state index contributed by atoms with van der Waals surface area (Å²) in [6, 6.07) is 17.4. The number of ether oxygens (including phenoxy) is 11. The molecule has 12 rings (SSSR count). The van der Waals surface area contributed by atoms with Gasteiger partial charge in [-0.3, -0.25) is 4.79 Å². The fourth-order valence-corrected chi connectivity index (χ4v) is 12.9. The number of ketones is 1. The Labute approximate surface area is 398 Å². The van der Waals surface area contributed by atoms with Crippen LogP contribution in [-0.4, -0.2) is 135 Å². The minimum Gasteiger partial charge on any atom is -0.458 e. The van der Waals surface area contributed by atoms with Gasteiger partial charge in [0.05, 0.1) is 72.2 Å². The van der Waals surface area contributed by atoms with Crippen LogP contribution in [0.2, 0.25) is 0 Å². The second-order valence-electron chi connectivity index (χ2n) is 20.9. The van der Waals surface area contributed by atoms with E-state index in [0.29, 0.717) is 36.8 Å². The Hall–Kier alpha value is -3.83. The predicted octanol–water partition coefficient (Wildman–Crippen LogP) is 7.20. The number of esters is 2. The van der Waals surface area contributed by atoms with Gasteiger partial charge in [-0.25, -0.2) is 9.59 Å². The van der Waals surface area contributed by atoms with Crippen LogP contribution in [0.5, 0.6) is 0 Å². The highest BCUT2D eigenvalue weighted by Crippen LogP contribution is 2.54. The molecular weight excluding hydrogens is 873 g/mol. The average molecular weight is 939 g/mol. The topological polar surface area (TPSA) is 153 Å². The summed E-state index contributed by atoms with van der Waals surface area (Å²) in [6.07, 6.45) is 2.39. The summed E-state index contributed by atoms with van der Waals surface area (Å²) in [7, 11) is 1.62. The smallest absolute Gasteiger partial charge is 0.338 e. The highest BCUT2D eigenvalue weighted by Gasteiger charge is 2.69. The lowest BCUT2D eigenvalue weighted by Crippen LogP contribution is -2.61. The minimum atomic E-state index is -0.900. The molecule has 0 radical (unpaired) electrons. The van der Waals surface area contributed by atoms with Crippen LogP contribution >= 0.6 is 0 Å². The molecule has 366 valence electrons. The van der Waals surface area contributed by atoms with Gasteiger partial charge in [-0.2, -0.15) is 0 Å². The van der Waals surface area contributed by atoms with Gasteiger partial charge in [0.15, 0.2) is 5.79 Å². The van der Waals surface area contributed by atoms with E-state index in [4.69, 9.17) is 52.1 Å². The lowest BCUT2D eigenvalue weighted by Gasteiger charge is -2.47. The van der Waals surface area contributed by atoms with Crippen molar-refractivity contribution in [1.29, 1.82) is 0 Å². The third kappa shape index (κ3) is 9.30. The summed E-state index contributed by atoms with van der Waals surface area (Å²) >= 11 is 0. The molecule has 10 fully saturated rings. The van der Waals surface area contributed by atoms with E-state index in [2.05, 4.69) is 20.1 Å². The monoisotopic (exact) mass is 938 g/mol. The summed E-state index contributed by atoms with van der Waals surface area (Å²) < 4.78 is 73.0. The van der Waals surface area contributed by atoms with Gasteiger partial charge in [-0.1, -0.05) is 56.5 Å². The van der Waals surface area contributed by atoms with Crippen LogP contribution in [0.4, 0.5) is 0 Å².